The highest BCUT2D eigenvalue weighted by atomic mass is 32.2. The molecule has 0 fully saturated rings. The van der Waals surface area contributed by atoms with Crippen LogP contribution in [0.2, 0.25) is 0 Å². The van der Waals surface area contributed by atoms with Crippen LogP contribution in [0.4, 0.5) is 0 Å². The van der Waals surface area contributed by atoms with Crippen molar-refractivity contribution in [2.45, 2.75) is 38.9 Å². The topological polar surface area (TPSA) is 70.0 Å². The molecule has 0 bridgehead atoms. The van der Waals surface area contributed by atoms with Gasteiger partial charge in [0, 0.05) is 0 Å². The normalized spacial score (nSPS) is 24.1. The molecular weight excluding hydrogens is 260 g/mol. The molecule has 0 aromatic heterocycles. The van der Waals surface area contributed by atoms with Crippen molar-refractivity contribution in [3.63, 3.8) is 0 Å². The molecule has 1 atom stereocenters. The Balaban J connectivity index is 3.43. The van der Waals surface area contributed by atoms with Crippen molar-refractivity contribution in [1.29, 1.82) is 5.26 Å². The summed E-state index contributed by atoms with van der Waals surface area (Å²) in [7, 11) is -2.02. The van der Waals surface area contributed by atoms with E-state index in [-0.39, 0.29) is 11.8 Å². The van der Waals surface area contributed by atoms with Crippen molar-refractivity contribution in [2.75, 3.05) is 7.05 Å². The van der Waals surface area contributed by atoms with Crippen LogP contribution in [0.3, 0.4) is 0 Å². The first-order chi connectivity index (χ1) is 8.71. The number of hydrogen-bond donors (Lipinski definition) is 1. The smallest absolute Gasteiger partial charge is 0.218 e. The van der Waals surface area contributed by atoms with E-state index >= 15 is 0 Å². The molecule has 0 amide bonds. The van der Waals surface area contributed by atoms with E-state index in [2.05, 4.69) is 10.8 Å². The molecule has 0 spiro atoms. The van der Waals surface area contributed by atoms with Gasteiger partial charge in [-0.3, -0.25) is 0 Å². The zero-order chi connectivity index (χ0) is 14.8. The maximum atomic E-state index is 12.4. The van der Waals surface area contributed by atoms with E-state index < -0.39 is 14.8 Å². The lowest BCUT2D eigenvalue weighted by Crippen LogP contribution is -2.49. The van der Waals surface area contributed by atoms with Gasteiger partial charge in [0.1, 0.15) is 4.75 Å². The third-order valence-corrected chi connectivity index (χ3v) is 6.20. The fraction of sp³-hybridized carbons (Fsp3) is 0.643. The summed E-state index contributed by atoms with van der Waals surface area (Å²) >= 11 is 0. The molecule has 5 heteroatoms. The average Bonchev–Trinajstić information content (AvgIpc) is 2.37. The van der Waals surface area contributed by atoms with Crippen molar-refractivity contribution in [3.8, 4) is 6.07 Å². The average molecular weight is 282 g/mol. The molecule has 19 heavy (non-hydrogen) atoms. The van der Waals surface area contributed by atoms with Crippen LogP contribution in [-0.4, -0.2) is 20.2 Å². The van der Waals surface area contributed by atoms with Gasteiger partial charge in [-0.05, 0) is 37.0 Å². The lowest BCUT2D eigenvalue weighted by Gasteiger charge is -2.37. The van der Waals surface area contributed by atoms with Gasteiger partial charge in [0.25, 0.3) is 0 Å². The van der Waals surface area contributed by atoms with E-state index in [1.54, 1.807) is 12.2 Å². The van der Waals surface area contributed by atoms with Crippen LogP contribution in [0.5, 0.6) is 0 Å². The van der Waals surface area contributed by atoms with Crippen molar-refractivity contribution < 1.29 is 8.42 Å². The molecule has 1 aliphatic rings. The van der Waals surface area contributed by atoms with Crippen LogP contribution in [0.15, 0.2) is 23.3 Å². The largest absolute Gasteiger partial charge is 0.221 e. The van der Waals surface area contributed by atoms with E-state index in [9.17, 15) is 8.42 Å². The molecule has 106 valence electrons. The summed E-state index contributed by atoms with van der Waals surface area (Å²) in [5, 5.41) is 9.15. The van der Waals surface area contributed by atoms with Gasteiger partial charge in [-0.25, -0.2) is 13.1 Å². The minimum absolute atomic E-state index is 0.0739. The molecule has 0 radical (unpaired) electrons. The Morgan fingerprint density at radius 3 is 2.32 bits per heavy atom. The predicted molar refractivity (Wildman–Crippen MR) is 76.8 cm³/mol. The number of sulfonamides is 1. The van der Waals surface area contributed by atoms with Crippen LogP contribution in [0.25, 0.3) is 0 Å². The first-order valence-electron chi connectivity index (χ1n) is 6.47. The summed E-state index contributed by atoms with van der Waals surface area (Å²) in [5.41, 5.74) is 1.51. The predicted octanol–water partition coefficient (Wildman–Crippen LogP) is 2.37. The highest BCUT2D eigenvalue weighted by molar-refractivity contribution is 7.91. The number of hydrogen-bond acceptors (Lipinski definition) is 3. The van der Waals surface area contributed by atoms with Gasteiger partial charge in [0.05, 0.1) is 11.6 Å². The summed E-state index contributed by atoms with van der Waals surface area (Å²) in [6, 6.07) is 2.16. The fourth-order valence-electron chi connectivity index (χ4n) is 2.49. The minimum Gasteiger partial charge on any atom is -0.218 e. The van der Waals surface area contributed by atoms with Gasteiger partial charge in [-0.1, -0.05) is 33.8 Å². The number of nitriles is 1. The minimum atomic E-state index is -3.46. The maximum Gasteiger partial charge on any atom is 0.221 e. The molecule has 1 aliphatic carbocycles. The summed E-state index contributed by atoms with van der Waals surface area (Å²) in [6.45, 7) is 7.77. The zero-order valence-corrected chi connectivity index (χ0v) is 13.0. The monoisotopic (exact) mass is 282 g/mol. The second kappa shape index (κ2) is 5.48. The number of nitrogens with one attached hydrogen (secondary N) is 1. The van der Waals surface area contributed by atoms with Gasteiger partial charge < -0.3 is 0 Å². The molecule has 4 nitrogen and oxygen atoms in total. The Hall–Kier alpha value is -1.12. The SMILES string of the molecule is CNS(=O)(=O)C1(C(C)C)C=CC(C#N)=C(C(C)C)C1. The van der Waals surface area contributed by atoms with Crippen LogP contribution >= 0.6 is 0 Å². The van der Waals surface area contributed by atoms with Crippen LogP contribution < -0.4 is 4.72 Å². The Bertz CT molecular complexity index is 550. The Morgan fingerprint density at radius 1 is 1.37 bits per heavy atom. The molecule has 0 heterocycles. The van der Waals surface area contributed by atoms with Crippen molar-refractivity contribution >= 4 is 10.0 Å². The third-order valence-electron chi connectivity index (χ3n) is 3.91. The second-order valence-corrected chi connectivity index (χ2v) is 7.71. The molecule has 0 aliphatic heterocycles. The van der Waals surface area contributed by atoms with E-state index in [4.69, 9.17) is 5.26 Å². The summed E-state index contributed by atoms with van der Waals surface area (Å²) in [6.07, 6.45) is 3.71. The van der Waals surface area contributed by atoms with Gasteiger partial charge in [-0.15, -0.1) is 0 Å². The first kappa shape index (κ1) is 15.9. The Morgan fingerprint density at radius 2 is 1.95 bits per heavy atom. The number of rotatable bonds is 4. The van der Waals surface area contributed by atoms with Crippen molar-refractivity contribution in [1.82, 2.24) is 4.72 Å². The molecule has 0 saturated heterocycles. The summed E-state index contributed by atoms with van der Waals surface area (Å²) < 4.78 is 26.3. The lowest BCUT2D eigenvalue weighted by atomic mass is 9.79. The molecule has 1 rings (SSSR count). The standard InChI is InChI=1S/C14H22N2O2S/c1-10(2)13-8-14(11(3)4,19(17,18)16-5)7-6-12(13)9-15/h6-7,10-11,16H,8H2,1-5H3. The Kier molecular flexibility index (Phi) is 4.59. The van der Waals surface area contributed by atoms with Gasteiger partial charge >= 0.3 is 0 Å². The van der Waals surface area contributed by atoms with E-state index in [1.807, 2.05) is 27.7 Å². The van der Waals surface area contributed by atoms with E-state index in [0.29, 0.717) is 12.0 Å². The highest BCUT2D eigenvalue weighted by Crippen LogP contribution is 2.40. The highest BCUT2D eigenvalue weighted by Gasteiger charge is 2.46. The zero-order valence-electron chi connectivity index (χ0n) is 12.2. The van der Waals surface area contributed by atoms with E-state index in [1.165, 1.54) is 7.05 Å². The lowest BCUT2D eigenvalue weighted by molar-refractivity contribution is 0.438. The molecule has 0 aromatic rings. The summed E-state index contributed by atoms with van der Waals surface area (Å²) in [5.74, 6) is 0.0833. The van der Waals surface area contributed by atoms with Crippen LogP contribution in [-0.2, 0) is 10.0 Å². The third kappa shape index (κ3) is 2.60. The number of nitrogens with zero attached hydrogens (tertiary/aromatic N) is 1. The van der Waals surface area contributed by atoms with Crippen LogP contribution in [0, 0.1) is 23.2 Å². The van der Waals surface area contributed by atoms with Gasteiger partial charge in [-0.2, -0.15) is 5.26 Å². The molecular formula is C14H22N2O2S. The van der Waals surface area contributed by atoms with Gasteiger partial charge in [0.2, 0.25) is 10.0 Å². The fourth-order valence-corrected chi connectivity index (χ4v) is 4.08. The molecule has 0 aromatic carbocycles. The van der Waals surface area contributed by atoms with E-state index in [0.717, 1.165) is 5.57 Å². The van der Waals surface area contributed by atoms with Crippen molar-refractivity contribution in [2.24, 2.45) is 11.8 Å². The summed E-state index contributed by atoms with van der Waals surface area (Å²) in [4.78, 5) is 0. The first-order valence-corrected chi connectivity index (χ1v) is 7.95. The molecule has 1 N–H and O–H groups in total. The maximum absolute atomic E-state index is 12.4. The second-order valence-electron chi connectivity index (χ2n) is 5.53. The van der Waals surface area contributed by atoms with Gasteiger partial charge in [0.15, 0.2) is 0 Å². The Labute approximate surface area is 116 Å². The quantitative estimate of drug-likeness (QED) is 0.860. The van der Waals surface area contributed by atoms with Crippen LogP contribution in [0.1, 0.15) is 34.1 Å². The molecule has 0 saturated carbocycles. The molecule has 1 unspecified atom stereocenters. The van der Waals surface area contributed by atoms with Crippen molar-refractivity contribution in [3.05, 3.63) is 23.3 Å². The number of allylic oxidation sites excluding steroid dienone is 3.